The van der Waals surface area contributed by atoms with Gasteiger partial charge in [0.05, 0.1) is 17.1 Å². The van der Waals surface area contributed by atoms with E-state index < -0.39 is 0 Å². The van der Waals surface area contributed by atoms with E-state index in [4.69, 9.17) is 0 Å². The first-order valence-corrected chi connectivity index (χ1v) is 9.75. The summed E-state index contributed by atoms with van der Waals surface area (Å²) < 4.78 is 2.24. The van der Waals surface area contributed by atoms with Gasteiger partial charge in [0.1, 0.15) is 5.82 Å². The second-order valence-electron chi connectivity index (χ2n) is 7.00. The van der Waals surface area contributed by atoms with Crippen molar-refractivity contribution in [2.75, 3.05) is 33.7 Å². The number of hydrogen-bond donors (Lipinski definition) is 0. The van der Waals surface area contributed by atoms with Gasteiger partial charge in [-0.1, -0.05) is 0 Å². The van der Waals surface area contributed by atoms with Gasteiger partial charge in [0.2, 0.25) is 5.91 Å². The maximum Gasteiger partial charge on any atom is 0.228 e. The Morgan fingerprint density at radius 3 is 3.00 bits per heavy atom. The Morgan fingerprint density at radius 2 is 2.28 bits per heavy atom. The molecule has 0 spiro atoms. The maximum absolute atomic E-state index is 12.6. The Morgan fingerprint density at radius 1 is 1.44 bits per heavy atom. The number of nitrogens with zero attached hydrogens (tertiary/aromatic N) is 5. The Hall–Kier alpha value is -1.73. The number of likely N-dealkylation sites (tertiary alicyclic amines) is 1. The standard InChI is InChI=1S/C18H27N5OS/c1-14-20-16(13-25-14)11-17(24)23-7-4-5-15(12-23)18-19-6-8-22(18)10-9-21(2)3/h6,8,13,15H,4-5,7,9-12H2,1-3H3/t15-/m1/s1. The van der Waals surface area contributed by atoms with Gasteiger partial charge in [-0.3, -0.25) is 4.79 Å². The molecular weight excluding hydrogens is 334 g/mol. The van der Waals surface area contributed by atoms with E-state index in [1.807, 2.05) is 23.4 Å². The highest BCUT2D eigenvalue weighted by Gasteiger charge is 2.27. The third-order valence-electron chi connectivity index (χ3n) is 4.67. The van der Waals surface area contributed by atoms with Gasteiger partial charge >= 0.3 is 0 Å². The zero-order chi connectivity index (χ0) is 17.8. The van der Waals surface area contributed by atoms with Gasteiger partial charge in [-0.2, -0.15) is 0 Å². The molecule has 0 unspecified atom stereocenters. The molecule has 1 aliphatic heterocycles. The Bertz CT molecular complexity index is 708. The van der Waals surface area contributed by atoms with Gasteiger partial charge in [-0.25, -0.2) is 9.97 Å². The van der Waals surface area contributed by atoms with Crippen molar-refractivity contribution in [2.45, 2.75) is 38.6 Å². The molecule has 7 heteroatoms. The van der Waals surface area contributed by atoms with Crippen LogP contribution in [0.15, 0.2) is 17.8 Å². The first-order valence-electron chi connectivity index (χ1n) is 8.87. The number of likely N-dealkylation sites (N-methyl/N-ethyl adjacent to an activating group) is 1. The fraction of sp³-hybridized carbons (Fsp3) is 0.611. The molecule has 136 valence electrons. The molecule has 1 aliphatic rings. The highest BCUT2D eigenvalue weighted by atomic mass is 32.1. The number of amides is 1. The van der Waals surface area contributed by atoms with Crippen LogP contribution >= 0.6 is 11.3 Å². The molecule has 3 rings (SSSR count). The second-order valence-corrected chi connectivity index (χ2v) is 8.06. The van der Waals surface area contributed by atoms with Gasteiger partial charge in [0, 0.05) is 49.9 Å². The number of piperidine rings is 1. The van der Waals surface area contributed by atoms with Crippen molar-refractivity contribution < 1.29 is 4.79 Å². The van der Waals surface area contributed by atoms with Crippen LogP contribution in [0.5, 0.6) is 0 Å². The minimum atomic E-state index is 0.182. The van der Waals surface area contributed by atoms with Gasteiger partial charge in [-0.05, 0) is 33.9 Å². The van der Waals surface area contributed by atoms with Crippen LogP contribution in [-0.2, 0) is 17.8 Å². The summed E-state index contributed by atoms with van der Waals surface area (Å²) in [4.78, 5) is 25.8. The van der Waals surface area contributed by atoms with E-state index in [0.717, 1.165) is 55.5 Å². The number of thiazole rings is 1. The number of hydrogen-bond acceptors (Lipinski definition) is 5. The van der Waals surface area contributed by atoms with Crippen LogP contribution in [0.4, 0.5) is 0 Å². The molecule has 6 nitrogen and oxygen atoms in total. The molecule has 0 N–H and O–H groups in total. The summed E-state index contributed by atoms with van der Waals surface area (Å²) in [5, 5.41) is 3.00. The molecule has 1 amide bonds. The molecule has 2 aromatic heterocycles. The summed E-state index contributed by atoms with van der Waals surface area (Å²) in [5.74, 6) is 1.62. The molecule has 3 heterocycles. The lowest BCUT2D eigenvalue weighted by Crippen LogP contribution is -2.40. The summed E-state index contributed by atoms with van der Waals surface area (Å²) in [6.07, 6.45) is 6.47. The number of carbonyl (C=O) groups is 1. The van der Waals surface area contributed by atoms with Gasteiger partial charge in [-0.15, -0.1) is 11.3 Å². The van der Waals surface area contributed by atoms with E-state index in [9.17, 15) is 4.79 Å². The van der Waals surface area contributed by atoms with E-state index in [1.165, 1.54) is 0 Å². The smallest absolute Gasteiger partial charge is 0.228 e. The molecule has 0 aromatic carbocycles. The summed E-state index contributed by atoms with van der Waals surface area (Å²) in [7, 11) is 4.16. The average Bonchev–Trinajstić information content (AvgIpc) is 3.22. The van der Waals surface area contributed by atoms with Crippen LogP contribution in [-0.4, -0.2) is 64.0 Å². The summed E-state index contributed by atoms with van der Waals surface area (Å²) in [6.45, 7) is 5.51. The van der Waals surface area contributed by atoms with Crippen molar-refractivity contribution in [3.63, 3.8) is 0 Å². The number of carbonyl (C=O) groups excluding carboxylic acids is 1. The molecule has 25 heavy (non-hydrogen) atoms. The molecule has 1 atom stereocenters. The first kappa shape index (κ1) is 18.1. The molecular formula is C18H27N5OS. The number of rotatable bonds is 6. The van der Waals surface area contributed by atoms with Crippen molar-refractivity contribution in [1.29, 1.82) is 0 Å². The van der Waals surface area contributed by atoms with Crippen molar-refractivity contribution in [3.05, 3.63) is 34.3 Å². The maximum atomic E-state index is 12.6. The van der Waals surface area contributed by atoms with Gasteiger partial charge in [0.15, 0.2) is 0 Å². The largest absolute Gasteiger partial charge is 0.342 e. The highest BCUT2D eigenvalue weighted by molar-refractivity contribution is 7.09. The number of aryl methyl sites for hydroxylation is 1. The fourth-order valence-electron chi connectivity index (χ4n) is 3.35. The summed E-state index contributed by atoms with van der Waals surface area (Å²) in [6, 6.07) is 0. The lowest BCUT2D eigenvalue weighted by molar-refractivity contribution is -0.131. The van der Waals surface area contributed by atoms with Crippen molar-refractivity contribution >= 4 is 17.2 Å². The minimum Gasteiger partial charge on any atom is -0.342 e. The van der Waals surface area contributed by atoms with Crippen molar-refractivity contribution in [2.24, 2.45) is 0 Å². The Kier molecular flexibility index (Phi) is 5.86. The predicted octanol–water partition coefficient (Wildman–Crippen LogP) is 2.16. The molecule has 1 fully saturated rings. The molecule has 0 saturated carbocycles. The predicted molar refractivity (Wildman–Crippen MR) is 99.9 cm³/mol. The monoisotopic (exact) mass is 361 g/mol. The van der Waals surface area contributed by atoms with Crippen molar-refractivity contribution in [1.82, 2.24) is 24.3 Å². The second kappa shape index (κ2) is 8.10. The lowest BCUT2D eigenvalue weighted by atomic mass is 9.96. The van der Waals surface area contributed by atoms with Crippen molar-refractivity contribution in [3.8, 4) is 0 Å². The van der Waals surface area contributed by atoms with Crippen LogP contribution < -0.4 is 0 Å². The SMILES string of the molecule is Cc1nc(CC(=O)N2CCC[C@@H](c3nccn3CCN(C)C)C2)cs1. The van der Waals surface area contributed by atoms with Gasteiger partial charge < -0.3 is 14.4 Å². The zero-order valence-corrected chi connectivity index (χ0v) is 16.1. The number of imidazole rings is 1. The molecule has 2 aromatic rings. The van der Waals surface area contributed by atoms with E-state index in [2.05, 4.69) is 39.7 Å². The summed E-state index contributed by atoms with van der Waals surface area (Å²) >= 11 is 1.60. The highest BCUT2D eigenvalue weighted by Crippen LogP contribution is 2.26. The number of aromatic nitrogens is 3. The van der Waals surface area contributed by atoms with Crippen LogP contribution in [0.25, 0.3) is 0 Å². The topological polar surface area (TPSA) is 54.3 Å². The normalized spacial score (nSPS) is 18.1. The lowest BCUT2D eigenvalue weighted by Gasteiger charge is -2.32. The van der Waals surface area contributed by atoms with E-state index in [1.54, 1.807) is 11.3 Å². The summed E-state index contributed by atoms with van der Waals surface area (Å²) in [5.41, 5.74) is 0.891. The molecule has 0 radical (unpaired) electrons. The molecule has 1 saturated heterocycles. The van der Waals surface area contributed by atoms with E-state index >= 15 is 0 Å². The van der Waals surface area contributed by atoms with Crippen LogP contribution in [0.2, 0.25) is 0 Å². The third-order valence-corrected chi connectivity index (χ3v) is 5.50. The van der Waals surface area contributed by atoms with Gasteiger partial charge in [0.25, 0.3) is 0 Å². The van der Waals surface area contributed by atoms with Crippen LogP contribution in [0.3, 0.4) is 0 Å². The molecule has 0 bridgehead atoms. The van der Waals surface area contributed by atoms with E-state index in [0.29, 0.717) is 12.3 Å². The third kappa shape index (κ3) is 4.67. The Labute approximate surface area is 153 Å². The van der Waals surface area contributed by atoms with Crippen LogP contribution in [0, 0.1) is 6.92 Å². The van der Waals surface area contributed by atoms with E-state index in [-0.39, 0.29) is 5.91 Å². The van der Waals surface area contributed by atoms with Crippen LogP contribution in [0.1, 0.15) is 35.3 Å². The first-order chi connectivity index (χ1) is 12.0. The zero-order valence-electron chi connectivity index (χ0n) is 15.3. The minimum absolute atomic E-state index is 0.182. The molecule has 0 aliphatic carbocycles. The average molecular weight is 362 g/mol. The quantitative estimate of drug-likeness (QED) is 0.791. The Balaban J connectivity index is 1.63. The fourth-order valence-corrected chi connectivity index (χ4v) is 3.96.